The first-order valence-electron chi connectivity index (χ1n) is 11.2. The number of fused-ring (bicyclic) bond motifs is 1. The second-order valence-corrected chi connectivity index (χ2v) is 8.35. The Hall–Kier alpha value is -4.23. The van der Waals surface area contributed by atoms with Crippen molar-refractivity contribution < 1.29 is 29.4 Å². The number of aliphatic hydroxyl groups is 1. The Balaban J connectivity index is 1.68. The van der Waals surface area contributed by atoms with Crippen LogP contribution in [0.2, 0.25) is 0 Å². The zero-order chi connectivity index (χ0) is 26.2. The molecule has 2 heterocycles. The number of aliphatic carboxylic acids is 1. The normalized spacial score (nSPS) is 14.4. The van der Waals surface area contributed by atoms with E-state index in [4.69, 9.17) is 5.73 Å². The summed E-state index contributed by atoms with van der Waals surface area (Å²) in [4.78, 5) is 59.0. The number of rotatable bonds is 12. The Morgan fingerprint density at radius 2 is 1.83 bits per heavy atom. The Kier molecular flexibility index (Phi) is 8.76. The molecule has 9 N–H and O–H groups in total. The molecule has 2 aromatic heterocycles. The lowest BCUT2D eigenvalue weighted by Gasteiger charge is -2.23. The van der Waals surface area contributed by atoms with Crippen LogP contribution < -0.4 is 21.7 Å². The Morgan fingerprint density at radius 3 is 2.50 bits per heavy atom. The fourth-order valence-corrected chi connectivity index (χ4v) is 3.64. The van der Waals surface area contributed by atoms with Crippen LogP contribution in [-0.4, -0.2) is 79.6 Å². The lowest BCUT2D eigenvalue weighted by Crippen LogP contribution is -2.56. The molecule has 0 spiro atoms. The summed E-state index contributed by atoms with van der Waals surface area (Å²) in [6.07, 6.45) is 3.53. The highest BCUT2D eigenvalue weighted by Crippen LogP contribution is 2.19. The predicted molar refractivity (Wildman–Crippen MR) is 128 cm³/mol. The van der Waals surface area contributed by atoms with Gasteiger partial charge in [-0.3, -0.25) is 14.4 Å². The quantitative estimate of drug-likeness (QED) is 0.147. The highest BCUT2D eigenvalue weighted by molar-refractivity contribution is 5.93. The van der Waals surface area contributed by atoms with Gasteiger partial charge in [0, 0.05) is 41.8 Å². The number of carbonyl (C=O) groups excluding carboxylic acids is 3. The summed E-state index contributed by atoms with van der Waals surface area (Å²) in [5, 5.41) is 27.1. The molecule has 1 aromatic carbocycles. The van der Waals surface area contributed by atoms with Gasteiger partial charge >= 0.3 is 5.97 Å². The lowest BCUT2D eigenvalue weighted by atomic mass is 10.0. The van der Waals surface area contributed by atoms with Gasteiger partial charge in [0.05, 0.1) is 25.0 Å². The van der Waals surface area contributed by atoms with Gasteiger partial charge in [0.1, 0.15) is 6.04 Å². The number of para-hydroxylation sites is 1. The number of hydrogen-bond acceptors (Lipinski definition) is 7. The van der Waals surface area contributed by atoms with Crippen LogP contribution in [0.4, 0.5) is 0 Å². The van der Waals surface area contributed by atoms with Crippen molar-refractivity contribution in [3.8, 4) is 0 Å². The van der Waals surface area contributed by atoms with Gasteiger partial charge in [-0.15, -0.1) is 0 Å². The minimum atomic E-state index is -1.57. The molecule has 3 rings (SSSR count). The molecule has 0 saturated carbocycles. The highest BCUT2D eigenvalue weighted by atomic mass is 16.4. The number of nitrogens with zero attached hydrogens (tertiary/aromatic N) is 1. The molecule has 36 heavy (non-hydrogen) atoms. The number of nitrogens with one attached hydrogen (secondary N) is 5. The number of benzene rings is 1. The van der Waals surface area contributed by atoms with Gasteiger partial charge in [0.25, 0.3) is 0 Å². The summed E-state index contributed by atoms with van der Waals surface area (Å²) in [5.74, 6) is -3.48. The van der Waals surface area contributed by atoms with Gasteiger partial charge < -0.3 is 41.9 Å². The number of carbonyl (C=O) groups is 4. The topological polar surface area (TPSA) is 215 Å². The van der Waals surface area contributed by atoms with Crippen LogP contribution in [0.3, 0.4) is 0 Å². The van der Waals surface area contributed by atoms with Gasteiger partial charge in [-0.2, -0.15) is 0 Å². The van der Waals surface area contributed by atoms with Crippen LogP contribution in [0.5, 0.6) is 0 Å². The van der Waals surface area contributed by atoms with E-state index in [9.17, 15) is 29.4 Å². The number of aromatic nitrogens is 3. The van der Waals surface area contributed by atoms with E-state index in [1.165, 1.54) is 19.4 Å². The lowest BCUT2D eigenvalue weighted by molar-refractivity contribution is -0.145. The van der Waals surface area contributed by atoms with E-state index in [0.717, 1.165) is 10.9 Å². The minimum absolute atomic E-state index is 0.0288. The summed E-state index contributed by atoms with van der Waals surface area (Å²) < 4.78 is 0. The van der Waals surface area contributed by atoms with Gasteiger partial charge in [-0.05, 0) is 18.6 Å². The largest absolute Gasteiger partial charge is 0.480 e. The van der Waals surface area contributed by atoms with E-state index in [1.807, 2.05) is 24.3 Å². The molecular formula is C23H29N7O6. The number of imidazole rings is 1. The molecule has 0 aliphatic carbocycles. The van der Waals surface area contributed by atoms with Crippen LogP contribution in [0, 0.1) is 0 Å². The van der Waals surface area contributed by atoms with Crippen molar-refractivity contribution in [2.24, 2.45) is 5.73 Å². The first-order valence-corrected chi connectivity index (χ1v) is 11.2. The number of amides is 3. The first kappa shape index (κ1) is 26.4. The Labute approximate surface area is 205 Å². The van der Waals surface area contributed by atoms with Gasteiger partial charge in [0.2, 0.25) is 17.7 Å². The van der Waals surface area contributed by atoms with E-state index < -0.39 is 54.5 Å². The third-order valence-corrected chi connectivity index (χ3v) is 5.55. The molecule has 0 saturated heterocycles. The highest BCUT2D eigenvalue weighted by Gasteiger charge is 2.30. The third-order valence-electron chi connectivity index (χ3n) is 5.55. The van der Waals surface area contributed by atoms with E-state index in [1.54, 1.807) is 6.20 Å². The van der Waals surface area contributed by atoms with E-state index >= 15 is 0 Å². The second kappa shape index (κ2) is 12.0. The van der Waals surface area contributed by atoms with Crippen LogP contribution in [-0.2, 0) is 32.0 Å². The monoisotopic (exact) mass is 499 g/mol. The smallest absolute Gasteiger partial charge is 0.328 e. The molecular weight excluding hydrogens is 470 g/mol. The van der Waals surface area contributed by atoms with Crippen molar-refractivity contribution in [1.82, 2.24) is 30.9 Å². The second-order valence-electron chi connectivity index (χ2n) is 8.35. The zero-order valence-electron chi connectivity index (χ0n) is 19.5. The molecule has 0 fully saturated rings. The SMILES string of the molecule is CC(O)C(NC(=O)C(Cc1c[nH]c2ccccc12)NC(=O)CNC(=O)C(N)Cc1cnc[nH]1)C(=O)O. The maximum Gasteiger partial charge on any atom is 0.328 e. The average molecular weight is 500 g/mol. The van der Waals surface area contributed by atoms with Crippen molar-refractivity contribution in [1.29, 1.82) is 0 Å². The van der Waals surface area contributed by atoms with Gasteiger partial charge in [-0.25, -0.2) is 9.78 Å². The van der Waals surface area contributed by atoms with Crippen LogP contribution in [0.25, 0.3) is 10.9 Å². The van der Waals surface area contributed by atoms with Crippen molar-refractivity contribution in [2.45, 2.75) is 44.0 Å². The molecule has 0 radical (unpaired) electrons. The maximum atomic E-state index is 13.0. The third kappa shape index (κ3) is 6.90. The molecule has 13 nitrogen and oxygen atoms in total. The van der Waals surface area contributed by atoms with Crippen LogP contribution in [0.15, 0.2) is 43.0 Å². The zero-order valence-corrected chi connectivity index (χ0v) is 19.5. The summed E-state index contributed by atoms with van der Waals surface area (Å²) in [7, 11) is 0. The maximum absolute atomic E-state index is 13.0. The molecule has 192 valence electrons. The van der Waals surface area contributed by atoms with Gasteiger partial charge in [-0.1, -0.05) is 18.2 Å². The molecule has 4 atom stereocenters. The minimum Gasteiger partial charge on any atom is -0.480 e. The fourth-order valence-electron chi connectivity index (χ4n) is 3.64. The summed E-state index contributed by atoms with van der Waals surface area (Å²) in [6.45, 7) is 0.778. The molecule has 0 aliphatic heterocycles. The summed E-state index contributed by atoms with van der Waals surface area (Å²) >= 11 is 0. The Bertz CT molecular complexity index is 1210. The van der Waals surface area contributed by atoms with Gasteiger partial charge in [0.15, 0.2) is 6.04 Å². The van der Waals surface area contributed by atoms with E-state index in [2.05, 4.69) is 30.9 Å². The number of hydrogen-bond donors (Lipinski definition) is 8. The van der Waals surface area contributed by atoms with Crippen molar-refractivity contribution in [2.75, 3.05) is 6.54 Å². The van der Waals surface area contributed by atoms with Crippen LogP contribution in [0.1, 0.15) is 18.2 Å². The number of aromatic amines is 2. The van der Waals surface area contributed by atoms with Crippen molar-refractivity contribution >= 4 is 34.6 Å². The summed E-state index contributed by atoms with van der Waals surface area (Å²) in [6, 6.07) is 3.67. The number of H-pyrrole nitrogens is 2. The van der Waals surface area contributed by atoms with Crippen LogP contribution >= 0.6 is 0 Å². The number of carboxylic acids is 1. The number of carboxylic acid groups (broad SMARTS) is 1. The molecule has 13 heteroatoms. The Morgan fingerprint density at radius 1 is 1.08 bits per heavy atom. The van der Waals surface area contributed by atoms with E-state index in [-0.39, 0.29) is 12.8 Å². The molecule has 4 unspecified atom stereocenters. The average Bonchev–Trinajstić information content (AvgIpc) is 3.50. The predicted octanol–water partition coefficient (Wildman–Crippen LogP) is -1.45. The van der Waals surface area contributed by atoms with E-state index in [0.29, 0.717) is 11.3 Å². The fraction of sp³-hybridized carbons (Fsp3) is 0.348. The number of aliphatic hydroxyl groups excluding tert-OH is 1. The standard InChI is InChI=1S/C23H29N7O6/c1-12(31)20(23(35)36)30-22(34)18(6-13-8-26-17-5-3-2-4-15(13)17)29-19(32)10-27-21(33)16(24)7-14-9-25-11-28-14/h2-5,8-9,11-12,16,18,20,26,31H,6-7,10,24H2,1H3,(H,25,28)(H,27,33)(H,29,32)(H,30,34)(H,35,36). The van der Waals surface area contributed by atoms with Crippen molar-refractivity contribution in [3.63, 3.8) is 0 Å². The molecule has 3 aromatic rings. The molecule has 0 bridgehead atoms. The summed E-state index contributed by atoms with van der Waals surface area (Å²) in [5.41, 5.74) is 8.05. The van der Waals surface area contributed by atoms with Crippen molar-refractivity contribution in [3.05, 3.63) is 54.2 Å². The number of nitrogens with two attached hydrogens (primary N) is 1. The molecule has 3 amide bonds. The molecule has 0 aliphatic rings. The first-order chi connectivity index (χ1) is 17.2.